The smallest absolute Gasteiger partial charge is 0.254 e. The van der Waals surface area contributed by atoms with E-state index in [-0.39, 0.29) is 5.91 Å². The molecule has 0 aliphatic carbocycles. The van der Waals surface area contributed by atoms with Gasteiger partial charge in [-0.1, -0.05) is 0 Å². The Labute approximate surface area is 102 Å². The molecule has 1 aromatic heterocycles. The summed E-state index contributed by atoms with van der Waals surface area (Å²) in [5.41, 5.74) is 0.649. The van der Waals surface area contributed by atoms with Crippen molar-refractivity contribution in [2.24, 2.45) is 5.92 Å². The summed E-state index contributed by atoms with van der Waals surface area (Å²) in [6.45, 7) is 5.75. The third-order valence-corrected chi connectivity index (χ3v) is 3.22. The Bertz CT molecular complexity index is 368. The molecule has 1 aliphatic rings. The van der Waals surface area contributed by atoms with Crippen LogP contribution >= 0.6 is 0 Å². The third kappa shape index (κ3) is 3.30. The minimum absolute atomic E-state index is 0.0179. The first-order valence-electron chi connectivity index (χ1n) is 6.31. The van der Waals surface area contributed by atoms with E-state index in [2.05, 4.69) is 15.7 Å². The summed E-state index contributed by atoms with van der Waals surface area (Å²) >= 11 is 0. The number of carbonyl (C=O) groups is 1. The molecular formula is C12H20N4O. The van der Waals surface area contributed by atoms with Crippen LogP contribution in [0.4, 0.5) is 0 Å². The lowest BCUT2D eigenvalue weighted by Gasteiger charge is -2.08. The Balaban J connectivity index is 1.72. The van der Waals surface area contributed by atoms with Crippen molar-refractivity contribution in [2.45, 2.75) is 26.3 Å². The zero-order valence-electron chi connectivity index (χ0n) is 10.3. The first kappa shape index (κ1) is 12.1. The van der Waals surface area contributed by atoms with Gasteiger partial charge in [0.05, 0.1) is 11.8 Å². The Morgan fingerprint density at radius 3 is 3.24 bits per heavy atom. The number of aryl methyl sites for hydroxylation is 1. The van der Waals surface area contributed by atoms with Crippen LogP contribution in [0.1, 0.15) is 30.1 Å². The molecule has 94 valence electrons. The van der Waals surface area contributed by atoms with Crippen LogP contribution in [0, 0.1) is 5.92 Å². The summed E-state index contributed by atoms with van der Waals surface area (Å²) in [6, 6.07) is 0. The lowest BCUT2D eigenvalue weighted by atomic mass is 10.1. The maximum absolute atomic E-state index is 11.8. The Morgan fingerprint density at radius 2 is 2.59 bits per heavy atom. The van der Waals surface area contributed by atoms with Crippen molar-refractivity contribution >= 4 is 5.91 Å². The van der Waals surface area contributed by atoms with Crippen LogP contribution in [0.5, 0.6) is 0 Å². The van der Waals surface area contributed by atoms with Gasteiger partial charge >= 0.3 is 0 Å². The molecule has 0 radical (unpaired) electrons. The fourth-order valence-electron chi connectivity index (χ4n) is 2.11. The molecule has 5 nitrogen and oxygen atoms in total. The molecule has 1 aliphatic heterocycles. The topological polar surface area (TPSA) is 59.0 Å². The lowest BCUT2D eigenvalue weighted by Crippen LogP contribution is -2.26. The van der Waals surface area contributed by atoms with E-state index in [9.17, 15) is 4.79 Å². The van der Waals surface area contributed by atoms with Crippen molar-refractivity contribution in [3.63, 3.8) is 0 Å². The van der Waals surface area contributed by atoms with E-state index >= 15 is 0 Å². The van der Waals surface area contributed by atoms with E-state index < -0.39 is 0 Å². The van der Waals surface area contributed by atoms with Crippen molar-refractivity contribution in [2.75, 3.05) is 19.6 Å². The van der Waals surface area contributed by atoms with Crippen molar-refractivity contribution in [1.82, 2.24) is 20.4 Å². The predicted octanol–water partition coefficient (Wildman–Crippen LogP) is 0.632. The second-order valence-corrected chi connectivity index (χ2v) is 4.49. The van der Waals surface area contributed by atoms with Gasteiger partial charge < -0.3 is 10.6 Å². The van der Waals surface area contributed by atoms with Gasteiger partial charge in [0.2, 0.25) is 0 Å². The van der Waals surface area contributed by atoms with Crippen LogP contribution in [-0.2, 0) is 6.54 Å². The lowest BCUT2D eigenvalue weighted by molar-refractivity contribution is 0.0951. The van der Waals surface area contributed by atoms with E-state index in [0.29, 0.717) is 11.5 Å². The molecular weight excluding hydrogens is 216 g/mol. The molecule has 0 saturated carbocycles. The Kier molecular flexibility index (Phi) is 4.14. The van der Waals surface area contributed by atoms with Gasteiger partial charge in [-0.15, -0.1) is 0 Å². The number of hydrogen-bond acceptors (Lipinski definition) is 3. The fourth-order valence-corrected chi connectivity index (χ4v) is 2.11. The zero-order chi connectivity index (χ0) is 12.1. The average Bonchev–Trinajstić information content (AvgIpc) is 2.99. The highest BCUT2D eigenvalue weighted by Crippen LogP contribution is 2.10. The van der Waals surface area contributed by atoms with Gasteiger partial charge in [-0.25, -0.2) is 0 Å². The summed E-state index contributed by atoms with van der Waals surface area (Å²) in [5.74, 6) is 0.698. The SMILES string of the molecule is CCn1cc(C(=O)NCCC2CCNC2)cn1. The molecule has 17 heavy (non-hydrogen) atoms. The molecule has 0 aromatic carbocycles. The molecule has 2 heterocycles. The largest absolute Gasteiger partial charge is 0.352 e. The molecule has 1 unspecified atom stereocenters. The predicted molar refractivity (Wildman–Crippen MR) is 65.8 cm³/mol. The molecule has 1 aromatic rings. The summed E-state index contributed by atoms with van der Waals surface area (Å²) in [7, 11) is 0. The molecule has 0 spiro atoms. The van der Waals surface area contributed by atoms with Gasteiger partial charge in [-0.3, -0.25) is 9.48 Å². The number of hydrogen-bond donors (Lipinski definition) is 2. The summed E-state index contributed by atoms with van der Waals surface area (Å²) in [5, 5.41) is 10.4. The van der Waals surface area contributed by atoms with Gasteiger partial charge in [-0.2, -0.15) is 5.10 Å². The molecule has 5 heteroatoms. The molecule has 2 N–H and O–H groups in total. The van der Waals surface area contributed by atoms with Gasteiger partial charge in [0.1, 0.15) is 0 Å². The second kappa shape index (κ2) is 5.82. The van der Waals surface area contributed by atoms with E-state index in [1.165, 1.54) is 6.42 Å². The number of amides is 1. The van der Waals surface area contributed by atoms with Gasteiger partial charge in [-0.05, 0) is 38.8 Å². The summed E-state index contributed by atoms with van der Waals surface area (Å²) < 4.78 is 1.76. The van der Waals surface area contributed by atoms with Crippen LogP contribution in [0.3, 0.4) is 0 Å². The Morgan fingerprint density at radius 1 is 1.71 bits per heavy atom. The normalized spacial score (nSPS) is 19.5. The molecule has 1 amide bonds. The minimum atomic E-state index is -0.0179. The molecule has 1 fully saturated rings. The highest BCUT2D eigenvalue weighted by Gasteiger charge is 2.14. The number of aromatic nitrogens is 2. The van der Waals surface area contributed by atoms with Crippen molar-refractivity contribution in [1.29, 1.82) is 0 Å². The molecule has 0 bridgehead atoms. The third-order valence-electron chi connectivity index (χ3n) is 3.22. The molecule has 1 atom stereocenters. The van der Waals surface area contributed by atoms with E-state index in [1.54, 1.807) is 17.1 Å². The molecule has 2 rings (SSSR count). The summed E-state index contributed by atoms with van der Waals surface area (Å²) in [4.78, 5) is 11.8. The Hall–Kier alpha value is -1.36. The van der Waals surface area contributed by atoms with Gasteiger partial charge in [0.15, 0.2) is 0 Å². The van der Waals surface area contributed by atoms with Crippen LogP contribution < -0.4 is 10.6 Å². The van der Waals surface area contributed by atoms with Gasteiger partial charge in [0.25, 0.3) is 5.91 Å². The summed E-state index contributed by atoms with van der Waals surface area (Å²) in [6.07, 6.45) is 5.69. The highest BCUT2D eigenvalue weighted by atomic mass is 16.1. The number of rotatable bonds is 5. The maximum Gasteiger partial charge on any atom is 0.254 e. The van der Waals surface area contributed by atoms with Crippen LogP contribution in [0.2, 0.25) is 0 Å². The number of carbonyl (C=O) groups excluding carboxylic acids is 1. The monoisotopic (exact) mass is 236 g/mol. The van der Waals surface area contributed by atoms with Crippen LogP contribution in [-0.4, -0.2) is 35.3 Å². The highest BCUT2D eigenvalue weighted by molar-refractivity contribution is 5.93. The standard InChI is InChI=1S/C12H20N4O/c1-2-16-9-11(8-15-16)12(17)14-6-4-10-3-5-13-7-10/h8-10,13H,2-7H2,1H3,(H,14,17). The second-order valence-electron chi connectivity index (χ2n) is 4.49. The van der Waals surface area contributed by atoms with E-state index in [0.717, 1.165) is 32.6 Å². The average molecular weight is 236 g/mol. The fraction of sp³-hybridized carbons (Fsp3) is 0.667. The maximum atomic E-state index is 11.8. The van der Waals surface area contributed by atoms with Crippen molar-refractivity contribution in [3.8, 4) is 0 Å². The van der Waals surface area contributed by atoms with Crippen molar-refractivity contribution < 1.29 is 4.79 Å². The molecule has 1 saturated heterocycles. The zero-order valence-corrected chi connectivity index (χ0v) is 10.3. The number of nitrogens with one attached hydrogen (secondary N) is 2. The van der Waals surface area contributed by atoms with Crippen LogP contribution in [0.15, 0.2) is 12.4 Å². The first-order valence-corrected chi connectivity index (χ1v) is 6.31. The van der Waals surface area contributed by atoms with E-state index in [4.69, 9.17) is 0 Å². The minimum Gasteiger partial charge on any atom is -0.352 e. The van der Waals surface area contributed by atoms with Crippen LogP contribution in [0.25, 0.3) is 0 Å². The quantitative estimate of drug-likeness (QED) is 0.788. The van der Waals surface area contributed by atoms with Gasteiger partial charge in [0, 0.05) is 19.3 Å². The van der Waals surface area contributed by atoms with Crippen molar-refractivity contribution in [3.05, 3.63) is 18.0 Å². The van der Waals surface area contributed by atoms with E-state index in [1.807, 2.05) is 6.92 Å². The number of nitrogens with zero attached hydrogens (tertiary/aromatic N) is 2. The first-order chi connectivity index (χ1) is 8.29.